The van der Waals surface area contributed by atoms with Gasteiger partial charge in [-0.2, -0.15) is 0 Å². The van der Waals surface area contributed by atoms with Crippen LogP contribution in [0.25, 0.3) is 194 Å². The van der Waals surface area contributed by atoms with Gasteiger partial charge in [0.25, 0.3) is 0 Å². The molecule has 0 heterocycles. The molecule has 0 radical (unpaired) electrons. The smallest absolute Gasteiger partial charge is 0.000000815 e. The van der Waals surface area contributed by atoms with Crippen LogP contribution in [0.3, 0.4) is 0 Å². The van der Waals surface area contributed by atoms with Gasteiger partial charge in [0.1, 0.15) is 0 Å². The van der Waals surface area contributed by atoms with Crippen molar-refractivity contribution in [2.75, 3.05) is 0 Å². The monoisotopic (exact) mass is 918 g/mol. The van der Waals surface area contributed by atoms with Gasteiger partial charge in [-0.25, -0.2) is 0 Å². The Morgan fingerprint density at radius 2 is 0.125 bits per heavy atom. The van der Waals surface area contributed by atoms with Crippen LogP contribution < -0.4 is 0 Å². The van der Waals surface area contributed by atoms with Crippen molar-refractivity contribution in [3.63, 3.8) is 0 Å². The lowest BCUT2D eigenvalue weighted by atomic mass is 9.65. The first-order valence-corrected chi connectivity index (χ1v) is 27.0. The molecule has 0 unspecified atom stereocenters. The molecular weight excluding hydrogens is 865 g/mol. The fourth-order valence-corrected chi connectivity index (χ4v) is 19.9. The summed E-state index contributed by atoms with van der Waals surface area (Å²) < 4.78 is 0. The topological polar surface area (TPSA) is 0 Å². The highest BCUT2D eigenvalue weighted by atomic mass is 14.4. The molecule has 0 amide bonds. The van der Waals surface area contributed by atoms with Gasteiger partial charge in [0.15, 0.2) is 0 Å². The lowest BCUT2D eigenvalue weighted by Gasteiger charge is -2.37. The van der Waals surface area contributed by atoms with E-state index in [1.54, 1.807) is 64.6 Å². The fraction of sp³-hybridized carbons (Fsp3) is 0.250. The molecule has 19 aromatic carbocycles. The third kappa shape index (κ3) is 3.06. The van der Waals surface area contributed by atoms with Gasteiger partial charge in [0.2, 0.25) is 0 Å². The van der Waals surface area contributed by atoms with Crippen LogP contribution >= 0.6 is 0 Å². The maximum absolute atomic E-state index is 2.50. The van der Waals surface area contributed by atoms with Gasteiger partial charge >= 0.3 is 0 Å². The van der Waals surface area contributed by atoms with E-state index in [2.05, 4.69) is 125 Å². The Morgan fingerprint density at radius 1 is 0.0694 bits per heavy atom. The number of hydrogen-bond acceptors (Lipinski definition) is 0. The summed E-state index contributed by atoms with van der Waals surface area (Å²) in [6, 6.07) is 0. The van der Waals surface area contributed by atoms with E-state index in [4.69, 9.17) is 0 Å². The fourth-order valence-electron chi connectivity index (χ4n) is 19.9. The van der Waals surface area contributed by atoms with Crippen LogP contribution in [-0.2, 0) is 0 Å². The largest absolute Gasteiger partial charge is 0.0394 e. The second-order valence-corrected chi connectivity index (χ2v) is 24.8. The Bertz CT molecular complexity index is 4620. The third-order valence-electron chi connectivity index (χ3n) is 22.9. The highest BCUT2D eigenvalue weighted by molar-refractivity contribution is 6.68. The summed E-state index contributed by atoms with van der Waals surface area (Å²) in [7, 11) is 0. The number of rotatable bonds is 0. The molecule has 72 heavy (non-hydrogen) atoms. The van der Waals surface area contributed by atoms with Crippen LogP contribution in [0.4, 0.5) is 0 Å². The van der Waals surface area contributed by atoms with Crippen LogP contribution in [0.2, 0.25) is 0 Å². The maximum Gasteiger partial charge on any atom is -0.000000815 e. The molecule has 342 valence electrons. The molecule has 0 N–H and O–H groups in total. The van der Waals surface area contributed by atoms with Gasteiger partial charge in [-0.05, 0) is 419 Å². The quantitative estimate of drug-likeness (QED) is 0.105. The number of aryl methyl sites for hydroxylation is 18. The average Bonchev–Trinajstić information content (AvgIpc) is 3.36. The van der Waals surface area contributed by atoms with Gasteiger partial charge in [-0.15, -0.1) is 0 Å². The van der Waals surface area contributed by atoms with Crippen molar-refractivity contribution in [1.82, 2.24) is 0 Å². The van der Waals surface area contributed by atoms with E-state index in [1.807, 2.05) is 0 Å². The van der Waals surface area contributed by atoms with E-state index in [0.29, 0.717) is 0 Å². The van der Waals surface area contributed by atoms with Gasteiger partial charge in [0, 0.05) is 0 Å². The Balaban J connectivity index is 1.40. The average molecular weight is 919 g/mol. The second kappa shape index (κ2) is 10.6. The van der Waals surface area contributed by atoms with Crippen molar-refractivity contribution in [1.29, 1.82) is 0 Å². The summed E-state index contributed by atoms with van der Waals surface area (Å²) in [6.07, 6.45) is 0. The molecule has 0 bridgehead atoms. The molecule has 0 aliphatic carbocycles. The van der Waals surface area contributed by atoms with Crippen molar-refractivity contribution < 1.29 is 0 Å². The van der Waals surface area contributed by atoms with Crippen molar-refractivity contribution in [3.8, 4) is 0 Å². The van der Waals surface area contributed by atoms with Gasteiger partial charge in [-0.3, -0.25) is 0 Å². The Hall–Kier alpha value is -7.02. The van der Waals surface area contributed by atoms with Crippen molar-refractivity contribution in [2.24, 2.45) is 0 Å². The summed E-state index contributed by atoms with van der Waals surface area (Å²) in [4.78, 5) is 0. The van der Waals surface area contributed by atoms with E-state index in [1.165, 1.54) is 229 Å². The molecular formula is C72H54. The van der Waals surface area contributed by atoms with Crippen LogP contribution in [0.5, 0.6) is 0 Å². The van der Waals surface area contributed by atoms with E-state index >= 15 is 0 Å². The molecule has 19 rings (SSSR count). The third-order valence-corrected chi connectivity index (χ3v) is 22.9. The van der Waals surface area contributed by atoms with E-state index in [-0.39, 0.29) is 0 Å². The normalized spacial score (nSPS) is 14.2. The molecule has 0 nitrogen and oxygen atoms in total. The van der Waals surface area contributed by atoms with Gasteiger partial charge in [0.05, 0.1) is 0 Å². The minimum atomic E-state index is 1.46. The standard InChI is InChI=1S/C72H54/c1-19-20(2)38-32(14)40-23(5)24(6)42-34(16)44-27(9)29(11)47-36(18)48-30(12)28(10)46-35(17)45-26(8)25(7)43-33(15)41-22(4)21(3)39-31(13)37(19)49-50(38)62-52(40)54(42)64-57(44)59(47)66-60(48)58(46)65-56(45)55(43)63-53(41)51(39)61(49)67-68(62)70(64)72(66)71(65)69(63)67/h1-18H3. The van der Waals surface area contributed by atoms with Crippen LogP contribution in [0, 0.1) is 125 Å². The summed E-state index contributed by atoms with van der Waals surface area (Å²) in [6.45, 7) is 44.7. The molecule has 0 fully saturated rings. The molecule has 0 heteroatoms. The van der Waals surface area contributed by atoms with E-state index < -0.39 is 0 Å². The van der Waals surface area contributed by atoms with E-state index in [0.717, 1.165) is 0 Å². The van der Waals surface area contributed by atoms with Gasteiger partial charge < -0.3 is 0 Å². The molecule has 0 aliphatic rings. The molecule has 0 saturated heterocycles. The van der Waals surface area contributed by atoms with E-state index in [9.17, 15) is 0 Å². The first kappa shape index (κ1) is 38.6. The second-order valence-electron chi connectivity index (χ2n) is 24.8. The zero-order valence-corrected chi connectivity index (χ0v) is 45.0. The molecule has 0 spiro atoms. The first-order chi connectivity index (χ1) is 34.4. The molecule has 0 aliphatic heterocycles. The lowest BCUT2D eigenvalue weighted by Crippen LogP contribution is -2.10. The molecule has 0 aromatic heterocycles. The van der Waals surface area contributed by atoms with Crippen LogP contribution in [-0.4, -0.2) is 0 Å². The zero-order valence-electron chi connectivity index (χ0n) is 45.0. The summed E-state index contributed by atoms with van der Waals surface area (Å²) in [5.74, 6) is 0. The highest BCUT2D eigenvalue weighted by Crippen LogP contribution is 2.68. The summed E-state index contributed by atoms with van der Waals surface area (Å²) in [5.41, 5.74) is 26.3. The Kier molecular flexibility index (Phi) is 5.67. The lowest BCUT2D eigenvalue weighted by molar-refractivity contribution is 1.36. The first-order valence-electron chi connectivity index (χ1n) is 27.0. The SMILES string of the molecule is Cc1c(C)c2c(C)c3c(C)c(C)c4c(C)c5c(C)c(C)c6c(C)c7c(C)c(C)c8c(C)c9c(C)c(C)c%10c(C)c%11c(C)c(C)c%12c(C)c1c1c2c2c3c4c3c5c6c4c7c8c5c9c%10c6c%11c%12c1c1c2c3c4c5c61. The number of hydrogen-bond donors (Lipinski definition) is 0. The highest BCUT2D eigenvalue weighted by Gasteiger charge is 2.41. The van der Waals surface area contributed by atoms with Crippen LogP contribution in [0.1, 0.15) is 100 Å². The number of benzene rings is 19. The Morgan fingerprint density at radius 3 is 0.194 bits per heavy atom. The summed E-state index contributed by atoms with van der Waals surface area (Å²) >= 11 is 0. The molecule has 0 saturated carbocycles. The van der Waals surface area contributed by atoms with Gasteiger partial charge in [-0.1, -0.05) is 0 Å². The van der Waals surface area contributed by atoms with Crippen molar-refractivity contribution >= 4 is 194 Å². The molecule has 19 aromatic rings. The zero-order chi connectivity index (χ0) is 49.2. The van der Waals surface area contributed by atoms with Crippen LogP contribution in [0.15, 0.2) is 0 Å². The molecule has 0 atom stereocenters. The summed E-state index contributed by atoms with van der Waals surface area (Å²) in [5, 5.41) is 55.0. The predicted octanol–water partition coefficient (Wildman–Crippen LogP) is 21.2. The Labute approximate surface area is 416 Å². The predicted molar refractivity (Wildman–Crippen MR) is 321 cm³/mol. The maximum atomic E-state index is 2.50. The van der Waals surface area contributed by atoms with Crippen molar-refractivity contribution in [2.45, 2.75) is 125 Å². The minimum Gasteiger partial charge on any atom is -0.0394 e. The van der Waals surface area contributed by atoms with Crippen molar-refractivity contribution in [3.05, 3.63) is 100 Å². The minimum absolute atomic E-state index is 1.46.